The van der Waals surface area contributed by atoms with E-state index >= 15 is 0 Å². The first kappa shape index (κ1) is 24.4. The predicted molar refractivity (Wildman–Crippen MR) is 125 cm³/mol. The van der Waals surface area contributed by atoms with E-state index in [0.717, 1.165) is 38.0 Å². The number of carbonyl (C=O) groups is 2. The van der Waals surface area contributed by atoms with E-state index in [0.29, 0.717) is 32.7 Å². The van der Waals surface area contributed by atoms with Gasteiger partial charge in [0.1, 0.15) is 11.4 Å². The largest absolute Gasteiger partial charge is 0.496 e. The van der Waals surface area contributed by atoms with E-state index in [2.05, 4.69) is 22.8 Å². The molecule has 1 fully saturated rings. The minimum atomic E-state index is -0.493. The molecule has 1 unspecified atom stereocenters. The molecule has 178 valence electrons. The summed E-state index contributed by atoms with van der Waals surface area (Å²) in [6.45, 7) is 11.5. The molecule has 1 aromatic carbocycles. The van der Waals surface area contributed by atoms with Crippen molar-refractivity contribution in [2.24, 2.45) is 0 Å². The Bertz CT molecular complexity index is 797. The number of benzene rings is 1. The average Bonchev–Trinajstić information content (AvgIpc) is 2.75. The Labute approximate surface area is 192 Å². The van der Waals surface area contributed by atoms with Crippen molar-refractivity contribution in [3.63, 3.8) is 0 Å². The van der Waals surface area contributed by atoms with E-state index in [1.54, 1.807) is 12.0 Å². The van der Waals surface area contributed by atoms with Gasteiger partial charge in [0.25, 0.3) is 0 Å². The van der Waals surface area contributed by atoms with Crippen LogP contribution >= 0.6 is 0 Å². The molecule has 1 atom stereocenters. The molecule has 0 aromatic heterocycles. The van der Waals surface area contributed by atoms with Gasteiger partial charge in [-0.1, -0.05) is 19.1 Å². The first-order valence-corrected chi connectivity index (χ1v) is 11.9. The van der Waals surface area contributed by atoms with E-state index in [4.69, 9.17) is 9.47 Å². The number of rotatable bonds is 6. The molecule has 1 saturated heterocycles. The quantitative estimate of drug-likeness (QED) is 0.672. The zero-order valence-corrected chi connectivity index (χ0v) is 20.4. The Morgan fingerprint density at radius 1 is 1.16 bits per heavy atom. The van der Waals surface area contributed by atoms with Gasteiger partial charge in [0.15, 0.2) is 0 Å². The zero-order chi connectivity index (χ0) is 23.3. The van der Waals surface area contributed by atoms with Gasteiger partial charge in [-0.25, -0.2) is 4.79 Å². The summed E-state index contributed by atoms with van der Waals surface area (Å²) < 4.78 is 11.0. The highest BCUT2D eigenvalue weighted by molar-refractivity contribution is 5.79. The van der Waals surface area contributed by atoms with Gasteiger partial charge in [-0.2, -0.15) is 0 Å². The van der Waals surface area contributed by atoms with Crippen LogP contribution in [0.25, 0.3) is 0 Å². The number of hydrogen-bond acceptors (Lipinski definition) is 5. The number of nitrogens with zero attached hydrogens (tertiary/aromatic N) is 3. The minimum Gasteiger partial charge on any atom is -0.496 e. The van der Waals surface area contributed by atoms with Crippen LogP contribution in [-0.4, -0.2) is 84.7 Å². The number of methoxy groups -OCH3 is 1. The summed E-state index contributed by atoms with van der Waals surface area (Å²) in [6, 6.07) is 6.44. The fraction of sp³-hybridized carbons (Fsp3) is 0.680. The lowest BCUT2D eigenvalue weighted by Gasteiger charge is -2.39. The average molecular weight is 446 g/mol. The van der Waals surface area contributed by atoms with Crippen molar-refractivity contribution < 1.29 is 19.1 Å². The van der Waals surface area contributed by atoms with Crippen molar-refractivity contribution in [2.75, 3.05) is 46.4 Å². The number of piperazine rings is 1. The topological polar surface area (TPSA) is 62.3 Å². The monoisotopic (exact) mass is 445 g/mol. The summed E-state index contributed by atoms with van der Waals surface area (Å²) in [7, 11) is 1.72. The number of carbonyl (C=O) groups excluding carboxylic acids is 2. The second-order valence-corrected chi connectivity index (χ2v) is 9.83. The van der Waals surface area contributed by atoms with Gasteiger partial charge in [0.05, 0.1) is 13.7 Å². The Morgan fingerprint density at radius 3 is 2.50 bits per heavy atom. The van der Waals surface area contributed by atoms with Crippen molar-refractivity contribution in [1.82, 2.24) is 14.7 Å². The fourth-order valence-corrected chi connectivity index (χ4v) is 4.66. The summed E-state index contributed by atoms with van der Waals surface area (Å²) >= 11 is 0. The van der Waals surface area contributed by atoms with Crippen molar-refractivity contribution in [3.8, 4) is 5.75 Å². The van der Waals surface area contributed by atoms with E-state index in [9.17, 15) is 9.59 Å². The van der Waals surface area contributed by atoms with Crippen LogP contribution in [0, 0.1) is 0 Å². The van der Waals surface area contributed by atoms with Gasteiger partial charge in [-0.3, -0.25) is 9.69 Å². The molecular weight excluding hydrogens is 406 g/mol. The van der Waals surface area contributed by atoms with Crippen LogP contribution in [0.15, 0.2) is 18.2 Å². The second kappa shape index (κ2) is 10.6. The van der Waals surface area contributed by atoms with Crippen LogP contribution < -0.4 is 4.74 Å². The van der Waals surface area contributed by atoms with Gasteiger partial charge in [0, 0.05) is 38.8 Å². The van der Waals surface area contributed by atoms with Crippen LogP contribution in [0.1, 0.15) is 51.7 Å². The number of fused-ring (bicyclic) bond motifs is 1. The molecule has 0 radical (unpaired) electrons. The maximum atomic E-state index is 13.3. The molecule has 2 aliphatic rings. The summed E-state index contributed by atoms with van der Waals surface area (Å²) in [4.78, 5) is 31.6. The molecule has 0 N–H and O–H groups in total. The molecule has 7 heteroatoms. The summed E-state index contributed by atoms with van der Waals surface area (Å²) in [5.74, 6) is 1.14. The summed E-state index contributed by atoms with van der Waals surface area (Å²) in [6.07, 6.45) is 3.45. The number of ether oxygens (including phenoxy) is 2. The highest BCUT2D eigenvalue weighted by atomic mass is 16.6. The molecule has 0 spiro atoms. The van der Waals surface area contributed by atoms with Crippen molar-refractivity contribution in [2.45, 2.75) is 65.0 Å². The summed E-state index contributed by atoms with van der Waals surface area (Å²) in [5.41, 5.74) is 2.09. The normalized spacial score (nSPS) is 19.3. The molecule has 2 amide bonds. The number of hydrogen-bond donors (Lipinski definition) is 0. The maximum absolute atomic E-state index is 13.3. The molecule has 7 nitrogen and oxygen atoms in total. The third-order valence-corrected chi connectivity index (χ3v) is 6.24. The van der Waals surface area contributed by atoms with E-state index in [-0.39, 0.29) is 18.0 Å². The van der Waals surface area contributed by atoms with Gasteiger partial charge < -0.3 is 19.3 Å². The predicted octanol–water partition coefficient (Wildman–Crippen LogP) is 3.34. The van der Waals surface area contributed by atoms with Gasteiger partial charge >= 0.3 is 6.09 Å². The number of amides is 2. The van der Waals surface area contributed by atoms with Crippen LogP contribution in [0.5, 0.6) is 5.75 Å². The molecule has 1 aliphatic carbocycles. The van der Waals surface area contributed by atoms with Gasteiger partial charge in [-0.15, -0.1) is 0 Å². The first-order valence-electron chi connectivity index (χ1n) is 11.9. The smallest absolute Gasteiger partial charge is 0.410 e. The first-order chi connectivity index (χ1) is 15.2. The molecule has 1 aliphatic heterocycles. The third kappa shape index (κ3) is 6.15. The Hall–Kier alpha value is -2.28. The molecule has 0 bridgehead atoms. The van der Waals surface area contributed by atoms with Crippen molar-refractivity contribution in [1.29, 1.82) is 0 Å². The lowest BCUT2D eigenvalue weighted by atomic mass is 9.86. The molecule has 0 saturated carbocycles. The van der Waals surface area contributed by atoms with Crippen LogP contribution in [0.4, 0.5) is 4.79 Å². The van der Waals surface area contributed by atoms with E-state index < -0.39 is 5.60 Å². The van der Waals surface area contributed by atoms with Gasteiger partial charge in [0.2, 0.25) is 5.91 Å². The molecule has 1 heterocycles. The van der Waals surface area contributed by atoms with Crippen LogP contribution in [0.2, 0.25) is 0 Å². The Kier molecular flexibility index (Phi) is 8.04. The summed E-state index contributed by atoms with van der Waals surface area (Å²) in [5, 5.41) is 0. The fourth-order valence-electron chi connectivity index (χ4n) is 4.66. The maximum Gasteiger partial charge on any atom is 0.410 e. The molecule has 3 rings (SSSR count). The highest BCUT2D eigenvalue weighted by Crippen LogP contribution is 2.31. The molecule has 32 heavy (non-hydrogen) atoms. The lowest BCUT2D eigenvalue weighted by Crippen LogP contribution is -2.54. The Balaban J connectivity index is 1.56. The Morgan fingerprint density at radius 2 is 1.88 bits per heavy atom. The highest BCUT2D eigenvalue weighted by Gasteiger charge is 2.31. The van der Waals surface area contributed by atoms with Crippen molar-refractivity contribution in [3.05, 3.63) is 29.3 Å². The zero-order valence-electron chi connectivity index (χ0n) is 20.4. The lowest BCUT2D eigenvalue weighted by molar-refractivity contribution is -0.135. The van der Waals surface area contributed by atoms with Crippen molar-refractivity contribution >= 4 is 12.0 Å². The van der Waals surface area contributed by atoms with Gasteiger partial charge in [-0.05, 0) is 63.6 Å². The standard InChI is InChI=1S/C25H39N3O4/c1-6-12-28(20-10-11-21-19(17-20)8-7-9-22(21)31-5)23(29)18-26-13-15-27(16-14-26)24(30)32-25(2,3)4/h7-9,20H,6,10-18H2,1-5H3. The third-order valence-electron chi connectivity index (χ3n) is 6.24. The van der Waals surface area contributed by atoms with E-state index in [1.807, 2.05) is 32.9 Å². The molecule has 1 aromatic rings. The molecular formula is C25H39N3O4. The second-order valence-electron chi connectivity index (χ2n) is 9.83. The van der Waals surface area contributed by atoms with E-state index in [1.165, 1.54) is 11.1 Å². The SMILES string of the molecule is CCCN(C(=O)CN1CCN(C(=O)OC(C)(C)C)CC1)C1CCc2c(cccc2OC)C1. The minimum absolute atomic E-state index is 0.189. The van der Waals surface area contributed by atoms with Crippen LogP contribution in [0.3, 0.4) is 0 Å². The van der Waals surface area contributed by atoms with Crippen LogP contribution in [-0.2, 0) is 22.4 Å².